The Labute approximate surface area is 102 Å². The molecule has 1 aliphatic carbocycles. The zero-order chi connectivity index (χ0) is 12.1. The van der Waals surface area contributed by atoms with Crippen molar-refractivity contribution in [3.05, 3.63) is 42.0 Å². The van der Waals surface area contributed by atoms with E-state index in [2.05, 4.69) is 0 Å². The lowest BCUT2D eigenvalue weighted by Crippen LogP contribution is -2.04. The number of hydrogen-bond donors (Lipinski definition) is 1. The van der Waals surface area contributed by atoms with E-state index in [4.69, 9.17) is 0 Å². The van der Waals surface area contributed by atoms with Crippen molar-refractivity contribution in [2.75, 3.05) is 0 Å². The van der Waals surface area contributed by atoms with Crippen LogP contribution in [0, 0.1) is 5.92 Å². The molecule has 1 aliphatic rings. The van der Waals surface area contributed by atoms with Gasteiger partial charge in [-0.05, 0) is 37.0 Å². The number of allylic oxidation sites excluding steroid dienone is 2. The second-order valence-electron chi connectivity index (χ2n) is 4.67. The molecule has 0 saturated heterocycles. The summed E-state index contributed by atoms with van der Waals surface area (Å²) in [5.74, 6) is 0.679. The van der Waals surface area contributed by atoms with Crippen molar-refractivity contribution >= 4 is 5.78 Å². The Bertz CT molecular complexity index is 415. The van der Waals surface area contributed by atoms with E-state index in [9.17, 15) is 9.90 Å². The van der Waals surface area contributed by atoms with E-state index in [0.717, 1.165) is 0 Å². The molecule has 1 aromatic rings. The molecule has 17 heavy (non-hydrogen) atoms. The zero-order valence-electron chi connectivity index (χ0n) is 9.93. The molecular weight excluding hydrogens is 212 g/mol. The number of phenols is 1. The summed E-state index contributed by atoms with van der Waals surface area (Å²) in [6.45, 7) is 0. The maximum absolute atomic E-state index is 11.8. The quantitative estimate of drug-likeness (QED) is 0.635. The first-order valence-corrected chi connectivity index (χ1v) is 6.27. The van der Waals surface area contributed by atoms with Gasteiger partial charge in [0.15, 0.2) is 5.78 Å². The van der Waals surface area contributed by atoms with Crippen LogP contribution >= 0.6 is 0 Å². The van der Waals surface area contributed by atoms with E-state index in [1.165, 1.54) is 38.2 Å². The summed E-state index contributed by atoms with van der Waals surface area (Å²) in [5, 5.41) is 9.30. The Hall–Kier alpha value is -1.57. The van der Waals surface area contributed by atoms with Gasteiger partial charge in [0.2, 0.25) is 0 Å². The van der Waals surface area contributed by atoms with Crippen molar-refractivity contribution in [3.8, 4) is 5.75 Å². The highest BCUT2D eigenvalue weighted by Gasteiger charge is 2.10. The van der Waals surface area contributed by atoms with Crippen LogP contribution in [0.1, 0.15) is 42.5 Å². The zero-order valence-corrected chi connectivity index (χ0v) is 9.93. The van der Waals surface area contributed by atoms with E-state index < -0.39 is 0 Å². The first-order valence-electron chi connectivity index (χ1n) is 6.27. The molecule has 1 saturated carbocycles. The van der Waals surface area contributed by atoms with Crippen molar-refractivity contribution in [3.63, 3.8) is 0 Å². The number of rotatable bonds is 3. The van der Waals surface area contributed by atoms with Gasteiger partial charge in [0, 0.05) is 5.56 Å². The van der Waals surface area contributed by atoms with Gasteiger partial charge < -0.3 is 5.11 Å². The van der Waals surface area contributed by atoms with E-state index >= 15 is 0 Å². The molecule has 0 aromatic heterocycles. The third kappa shape index (κ3) is 3.45. The van der Waals surface area contributed by atoms with Gasteiger partial charge in [0.1, 0.15) is 5.75 Å². The molecule has 2 nitrogen and oxygen atoms in total. The van der Waals surface area contributed by atoms with Gasteiger partial charge in [-0.1, -0.05) is 37.5 Å². The maximum Gasteiger partial charge on any atom is 0.185 e. The fourth-order valence-electron chi connectivity index (χ4n) is 2.31. The van der Waals surface area contributed by atoms with Crippen LogP contribution in [0.3, 0.4) is 0 Å². The van der Waals surface area contributed by atoms with Crippen molar-refractivity contribution in [2.45, 2.75) is 32.1 Å². The molecule has 90 valence electrons. The SMILES string of the molecule is O=C(/C=C/C1CCCCC1)c1cccc(O)c1. The molecule has 0 bridgehead atoms. The third-order valence-electron chi connectivity index (χ3n) is 3.30. The van der Waals surface area contributed by atoms with Gasteiger partial charge in [0.05, 0.1) is 0 Å². The van der Waals surface area contributed by atoms with Crippen LogP contribution in [-0.4, -0.2) is 10.9 Å². The number of carbonyl (C=O) groups is 1. The molecule has 0 unspecified atom stereocenters. The highest BCUT2D eigenvalue weighted by molar-refractivity contribution is 6.04. The molecule has 0 aliphatic heterocycles. The lowest BCUT2D eigenvalue weighted by atomic mass is 9.89. The van der Waals surface area contributed by atoms with Gasteiger partial charge in [0.25, 0.3) is 0 Å². The Morgan fingerprint density at radius 1 is 1.24 bits per heavy atom. The van der Waals surface area contributed by atoms with Gasteiger partial charge in [-0.15, -0.1) is 0 Å². The van der Waals surface area contributed by atoms with Crippen LogP contribution in [0.5, 0.6) is 5.75 Å². The fraction of sp³-hybridized carbons (Fsp3) is 0.400. The molecular formula is C15H18O2. The van der Waals surface area contributed by atoms with Crippen molar-refractivity contribution in [1.29, 1.82) is 0 Å². The van der Waals surface area contributed by atoms with E-state index in [1.807, 2.05) is 6.08 Å². The van der Waals surface area contributed by atoms with Gasteiger partial charge in [-0.2, -0.15) is 0 Å². The summed E-state index contributed by atoms with van der Waals surface area (Å²) < 4.78 is 0. The maximum atomic E-state index is 11.8. The van der Waals surface area contributed by atoms with Crippen molar-refractivity contribution in [2.24, 2.45) is 5.92 Å². The Balaban J connectivity index is 1.98. The molecule has 1 fully saturated rings. The number of benzene rings is 1. The standard InChI is InChI=1S/C15H18O2/c16-14-8-4-7-13(11-14)15(17)10-9-12-5-2-1-3-6-12/h4,7-12,16H,1-3,5-6H2/b10-9+. The first-order chi connectivity index (χ1) is 8.25. The smallest absolute Gasteiger partial charge is 0.185 e. The highest BCUT2D eigenvalue weighted by Crippen LogP contribution is 2.24. The number of ketones is 1. The van der Waals surface area contributed by atoms with E-state index in [1.54, 1.807) is 24.3 Å². The molecule has 1 N–H and O–H groups in total. The second kappa shape index (κ2) is 5.67. The van der Waals surface area contributed by atoms with E-state index in [0.29, 0.717) is 11.5 Å². The average molecular weight is 230 g/mol. The molecule has 0 amide bonds. The topological polar surface area (TPSA) is 37.3 Å². The minimum absolute atomic E-state index is 0.0218. The van der Waals surface area contributed by atoms with Gasteiger partial charge in [-0.25, -0.2) is 0 Å². The molecule has 2 heteroatoms. The van der Waals surface area contributed by atoms with Crippen LogP contribution in [0.2, 0.25) is 0 Å². The van der Waals surface area contributed by atoms with Gasteiger partial charge in [-0.3, -0.25) is 4.79 Å². The third-order valence-corrected chi connectivity index (χ3v) is 3.30. The molecule has 0 atom stereocenters. The number of phenolic OH excluding ortho intramolecular Hbond substituents is 1. The second-order valence-corrected chi connectivity index (χ2v) is 4.67. The molecule has 1 aromatic carbocycles. The average Bonchev–Trinajstić information content (AvgIpc) is 2.37. The molecule has 0 spiro atoms. The highest BCUT2D eigenvalue weighted by atomic mass is 16.3. The molecule has 2 rings (SSSR count). The molecule has 0 radical (unpaired) electrons. The Kier molecular flexibility index (Phi) is 3.97. The summed E-state index contributed by atoms with van der Waals surface area (Å²) in [5.41, 5.74) is 0.553. The predicted molar refractivity (Wildman–Crippen MR) is 68.2 cm³/mol. The minimum atomic E-state index is -0.0218. The van der Waals surface area contributed by atoms with Crippen LogP contribution < -0.4 is 0 Å². The first kappa shape index (κ1) is 11.9. The Morgan fingerprint density at radius 2 is 2.00 bits per heavy atom. The fourth-order valence-corrected chi connectivity index (χ4v) is 2.31. The lowest BCUT2D eigenvalue weighted by Gasteiger charge is -2.17. The summed E-state index contributed by atoms with van der Waals surface area (Å²) in [6, 6.07) is 6.50. The summed E-state index contributed by atoms with van der Waals surface area (Å²) in [7, 11) is 0. The van der Waals surface area contributed by atoms with Crippen molar-refractivity contribution < 1.29 is 9.90 Å². The minimum Gasteiger partial charge on any atom is -0.508 e. The van der Waals surface area contributed by atoms with Crippen LogP contribution in [0.4, 0.5) is 0 Å². The summed E-state index contributed by atoms with van der Waals surface area (Å²) in [4.78, 5) is 11.8. The number of aromatic hydroxyl groups is 1. The van der Waals surface area contributed by atoms with Gasteiger partial charge >= 0.3 is 0 Å². The lowest BCUT2D eigenvalue weighted by molar-refractivity contribution is 0.104. The summed E-state index contributed by atoms with van der Waals surface area (Å²) >= 11 is 0. The Morgan fingerprint density at radius 3 is 2.71 bits per heavy atom. The number of hydrogen-bond acceptors (Lipinski definition) is 2. The molecule has 0 heterocycles. The van der Waals surface area contributed by atoms with Crippen molar-refractivity contribution in [1.82, 2.24) is 0 Å². The van der Waals surface area contributed by atoms with Crippen LogP contribution in [0.25, 0.3) is 0 Å². The number of carbonyl (C=O) groups excluding carboxylic acids is 1. The largest absolute Gasteiger partial charge is 0.508 e. The van der Waals surface area contributed by atoms with Crippen LogP contribution in [0.15, 0.2) is 36.4 Å². The predicted octanol–water partition coefficient (Wildman–Crippen LogP) is 3.71. The summed E-state index contributed by atoms with van der Waals surface area (Å²) in [6.07, 6.45) is 9.96. The van der Waals surface area contributed by atoms with Crippen LogP contribution in [-0.2, 0) is 0 Å². The normalized spacial score (nSPS) is 17.4. The monoisotopic (exact) mass is 230 g/mol. The van der Waals surface area contributed by atoms with E-state index in [-0.39, 0.29) is 11.5 Å².